The van der Waals surface area contributed by atoms with E-state index in [1.165, 1.54) is 23.5 Å². The molecule has 1 aromatic heterocycles. The largest absolute Gasteiger partial charge is 0.350 e. The van der Waals surface area contributed by atoms with Crippen molar-refractivity contribution in [1.82, 2.24) is 10.6 Å². The van der Waals surface area contributed by atoms with Crippen molar-refractivity contribution in [3.63, 3.8) is 0 Å². The predicted octanol–water partition coefficient (Wildman–Crippen LogP) is 4.01. The molecule has 6 heteroatoms. The van der Waals surface area contributed by atoms with Crippen LogP contribution >= 0.6 is 23.7 Å². The van der Waals surface area contributed by atoms with E-state index in [9.17, 15) is 9.18 Å². The first-order valence-corrected chi connectivity index (χ1v) is 8.21. The molecule has 2 N–H and O–H groups in total. The molecule has 1 heterocycles. The van der Waals surface area contributed by atoms with E-state index in [-0.39, 0.29) is 30.2 Å². The van der Waals surface area contributed by atoms with Gasteiger partial charge in [0.05, 0.1) is 4.88 Å². The Bertz CT molecular complexity index is 643. The smallest absolute Gasteiger partial charge is 0.261 e. The van der Waals surface area contributed by atoms with Crippen molar-refractivity contribution in [2.45, 2.75) is 26.8 Å². The zero-order chi connectivity index (χ0) is 16.1. The first kappa shape index (κ1) is 19.6. The quantitative estimate of drug-likeness (QED) is 0.821. The summed E-state index contributed by atoms with van der Waals surface area (Å²) in [5.41, 5.74) is 1.91. The van der Waals surface area contributed by atoms with Gasteiger partial charge in [0.1, 0.15) is 5.82 Å². The Morgan fingerprint density at radius 2 is 1.96 bits per heavy atom. The molecule has 1 atom stereocenters. The van der Waals surface area contributed by atoms with Crippen LogP contribution in [-0.4, -0.2) is 25.0 Å². The average molecular weight is 357 g/mol. The molecule has 0 aliphatic rings. The SMILES string of the molecule is CCN[C@H](C)CNC(=O)c1cc(-c2ccc(F)cc2)c(C)s1.Cl. The molecule has 0 unspecified atom stereocenters. The van der Waals surface area contributed by atoms with E-state index >= 15 is 0 Å². The summed E-state index contributed by atoms with van der Waals surface area (Å²) in [5, 5.41) is 6.19. The molecule has 1 aromatic carbocycles. The van der Waals surface area contributed by atoms with Crippen molar-refractivity contribution in [1.29, 1.82) is 0 Å². The lowest BCUT2D eigenvalue weighted by Crippen LogP contribution is -2.38. The summed E-state index contributed by atoms with van der Waals surface area (Å²) < 4.78 is 13.0. The lowest BCUT2D eigenvalue weighted by molar-refractivity contribution is 0.0954. The van der Waals surface area contributed by atoms with Crippen LogP contribution in [0.25, 0.3) is 11.1 Å². The Kier molecular flexibility index (Phi) is 7.68. The van der Waals surface area contributed by atoms with E-state index in [1.807, 2.05) is 26.8 Å². The molecule has 0 saturated carbocycles. The Morgan fingerprint density at radius 3 is 2.57 bits per heavy atom. The summed E-state index contributed by atoms with van der Waals surface area (Å²) in [4.78, 5) is 13.9. The third-order valence-electron chi connectivity index (χ3n) is 3.42. The highest BCUT2D eigenvalue weighted by molar-refractivity contribution is 7.14. The lowest BCUT2D eigenvalue weighted by Gasteiger charge is -2.12. The van der Waals surface area contributed by atoms with Crippen LogP contribution in [0.15, 0.2) is 30.3 Å². The van der Waals surface area contributed by atoms with Gasteiger partial charge in [0, 0.05) is 17.5 Å². The summed E-state index contributed by atoms with van der Waals surface area (Å²) in [6.07, 6.45) is 0. The predicted molar refractivity (Wildman–Crippen MR) is 97.2 cm³/mol. The fourth-order valence-electron chi connectivity index (χ4n) is 2.26. The highest BCUT2D eigenvalue weighted by Gasteiger charge is 2.14. The van der Waals surface area contributed by atoms with Gasteiger partial charge in [-0.3, -0.25) is 4.79 Å². The molecule has 2 aromatic rings. The maximum absolute atomic E-state index is 13.0. The number of carbonyl (C=O) groups is 1. The monoisotopic (exact) mass is 356 g/mol. The molecular weight excluding hydrogens is 335 g/mol. The number of hydrogen-bond acceptors (Lipinski definition) is 3. The second-order valence-corrected chi connectivity index (χ2v) is 6.51. The van der Waals surface area contributed by atoms with Gasteiger partial charge in [0.2, 0.25) is 0 Å². The first-order valence-electron chi connectivity index (χ1n) is 7.39. The molecule has 126 valence electrons. The van der Waals surface area contributed by atoms with Crippen LogP contribution in [-0.2, 0) is 0 Å². The number of carbonyl (C=O) groups excluding carboxylic acids is 1. The first-order chi connectivity index (χ1) is 10.5. The molecular formula is C17H22ClFN2OS. The Balaban J connectivity index is 0.00000264. The molecule has 0 spiro atoms. The van der Waals surface area contributed by atoms with Gasteiger partial charge in [0.25, 0.3) is 5.91 Å². The van der Waals surface area contributed by atoms with Crippen LogP contribution in [0.3, 0.4) is 0 Å². The Hall–Kier alpha value is -1.43. The van der Waals surface area contributed by atoms with Crippen molar-refractivity contribution in [2.24, 2.45) is 0 Å². The van der Waals surface area contributed by atoms with Crippen LogP contribution in [0, 0.1) is 12.7 Å². The van der Waals surface area contributed by atoms with Crippen LogP contribution in [0.2, 0.25) is 0 Å². The van der Waals surface area contributed by atoms with Gasteiger partial charge in [0.15, 0.2) is 0 Å². The number of thiophene rings is 1. The van der Waals surface area contributed by atoms with E-state index < -0.39 is 0 Å². The average Bonchev–Trinajstić information content (AvgIpc) is 2.88. The maximum atomic E-state index is 13.0. The minimum absolute atomic E-state index is 0. The third kappa shape index (κ3) is 5.30. The molecule has 0 radical (unpaired) electrons. The number of hydrogen-bond donors (Lipinski definition) is 2. The Morgan fingerprint density at radius 1 is 1.30 bits per heavy atom. The standard InChI is InChI=1S/C17H21FN2OS.ClH/c1-4-19-11(2)10-20-17(21)16-9-15(12(3)22-16)13-5-7-14(18)8-6-13;/h5-9,11,19H,4,10H2,1-3H3,(H,20,21);1H/t11-;/m1./s1. The molecule has 3 nitrogen and oxygen atoms in total. The second kappa shape index (κ2) is 9.01. The van der Waals surface area contributed by atoms with Gasteiger partial charge < -0.3 is 10.6 Å². The van der Waals surface area contributed by atoms with E-state index in [2.05, 4.69) is 10.6 Å². The molecule has 0 bridgehead atoms. The molecule has 0 saturated heterocycles. The molecule has 0 fully saturated rings. The van der Waals surface area contributed by atoms with Crippen LogP contribution in [0.4, 0.5) is 4.39 Å². The number of benzene rings is 1. The summed E-state index contributed by atoms with van der Waals surface area (Å²) in [6.45, 7) is 7.52. The third-order valence-corrected chi connectivity index (χ3v) is 4.47. The number of amides is 1. The van der Waals surface area contributed by atoms with Crippen molar-refractivity contribution >= 4 is 29.7 Å². The fraction of sp³-hybridized carbons (Fsp3) is 0.353. The van der Waals surface area contributed by atoms with E-state index in [0.29, 0.717) is 11.4 Å². The van der Waals surface area contributed by atoms with Crippen LogP contribution in [0.1, 0.15) is 28.4 Å². The second-order valence-electron chi connectivity index (χ2n) is 5.26. The van der Waals surface area contributed by atoms with Gasteiger partial charge in [-0.15, -0.1) is 23.7 Å². The van der Waals surface area contributed by atoms with Gasteiger partial charge >= 0.3 is 0 Å². The van der Waals surface area contributed by atoms with Crippen molar-refractivity contribution in [3.8, 4) is 11.1 Å². The molecule has 0 aliphatic carbocycles. The van der Waals surface area contributed by atoms with E-state index in [1.54, 1.807) is 12.1 Å². The fourth-order valence-corrected chi connectivity index (χ4v) is 3.22. The highest BCUT2D eigenvalue weighted by atomic mass is 35.5. The van der Waals surface area contributed by atoms with Crippen LogP contribution < -0.4 is 10.6 Å². The van der Waals surface area contributed by atoms with Crippen molar-refractivity contribution in [2.75, 3.05) is 13.1 Å². The number of rotatable bonds is 6. The van der Waals surface area contributed by atoms with Gasteiger partial charge in [-0.25, -0.2) is 4.39 Å². The summed E-state index contributed by atoms with van der Waals surface area (Å²) in [6, 6.07) is 8.46. The highest BCUT2D eigenvalue weighted by Crippen LogP contribution is 2.31. The number of halogens is 2. The summed E-state index contributed by atoms with van der Waals surface area (Å²) in [5.74, 6) is -0.321. The van der Waals surface area contributed by atoms with Crippen molar-refractivity contribution in [3.05, 3.63) is 45.9 Å². The summed E-state index contributed by atoms with van der Waals surface area (Å²) >= 11 is 1.46. The van der Waals surface area contributed by atoms with E-state index in [4.69, 9.17) is 0 Å². The lowest BCUT2D eigenvalue weighted by atomic mass is 10.1. The minimum atomic E-state index is -0.257. The van der Waals surface area contributed by atoms with Gasteiger partial charge in [-0.1, -0.05) is 19.1 Å². The minimum Gasteiger partial charge on any atom is -0.350 e. The molecule has 23 heavy (non-hydrogen) atoms. The van der Waals surface area contributed by atoms with E-state index in [0.717, 1.165) is 22.5 Å². The van der Waals surface area contributed by atoms with Crippen molar-refractivity contribution < 1.29 is 9.18 Å². The number of likely N-dealkylation sites (N-methyl/N-ethyl adjacent to an activating group) is 1. The zero-order valence-corrected chi connectivity index (χ0v) is 15.1. The maximum Gasteiger partial charge on any atom is 0.261 e. The summed E-state index contributed by atoms with van der Waals surface area (Å²) in [7, 11) is 0. The normalized spacial score (nSPS) is 11.7. The molecule has 1 amide bonds. The topological polar surface area (TPSA) is 41.1 Å². The number of aryl methyl sites for hydroxylation is 1. The zero-order valence-electron chi connectivity index (χ0n) is 13.5. The van der Waals surface area contributed by atoms with Gasteiger partial charge in [-0.2, -0.15) is 0 Å². The number of nitrogens with one attached hydrogen (secondary N) is 2. The van der Waals surface area contributed by atoms with Gasteiger partial charge in [-0.05, 0) is 49.7 Å². The molecule has 2 rings (SSSR count). The Labute approximate surface area is 146 Å². The van der Waals surface area contributed by atoms with Crippen LogP contribution in [0.5, 0.6) is 0 Å². The molecule has 0 aliphatic heterocycles.